The van der Waals surface area contributed by atoms with Gasteiger partial charge in [-0.05, 0) is 40.5 Å². The summed E-state index contributed by atoms with van der Waals surface area (Å²) in [4.78, 5) is 23.2. The lowest BCUT2D eigenvalue weighted by molar-refractivity contribution is -0.151. The van der Waals surface area contributed by atoms with E-state index in [1.165, 1.54) is 19.3 Å². The number of nitrogens with one attached hydrogen (secondary N) is 2. The molecule has 0 aromatic rings. The molecule has 0 spiro atoms. The minimum atomic E-state index is -0.896. The van der Waals surface area contributed by atoms with Crippen molar-refractivity contribution in [1.29, 1.82) is 0 Å². The van der Waals surface area contributed by atoms with Gasteiger partial charge in [0.1, 0.15) is 0 Å². The Labute approximate surface area is 127 Å². The van der Waals surface area contributed by atoms with E-state index in [0.29, 0.717) is 19.0 Å². The summed E-state index contributed by atoms with van der Waals surface area (Å²) in [7, 11) is 0. The molecule has 21 heavy (non-hydrogen) atoms. The molecule has 5 nitrogen and oxygen atoms in total. The number of amides is 1. The summed E-state index contributed by atoms with van der Waals surface area (Å²) in [5.74, 6) is -0.787. The molecule has 5 heteroatoms. The Hall–Kier alpha value is -1.10. The fraction of sp³-hybridized carbons (Fsp3) is 0.875. The number of carbonyl (C=O) groups excluding carboxylic acids is 1. The van der Waals surface area contributed by atoms with E-state index in [9.17, 15) is 14.7 Å². The van der Waals surface area contributed by atoms with Gasteiger partial charge in [-0.3, -0.25) is 9.59 Å². The van der Waals surface area contributed by atoms with Crippen molar-refractivity contribution in [3.8, 4) is 0 Å². The van der Waals surface area contributed by atoms with Gasteiger partial charge in [0.2, 0.25) is 5.91 Å². The second-order valence-electron chi connectivity index (χ2n) is 7.13. The number of rotatable bonds is 7. The van der Waals surface area contributed by atoms with Crippen LogP contribution in [0.15, 0.2) is 0 Å². The highest BCUT2D eigenvalue weighted by molar-refractivity contribution is 5.77. The first-order chi connectivity index (χ1) is 9.67. The molecule has 1 rings (SSSR count). The minimum Gasteiger partial charge on any atom is -0.481 e. The smallest absolute Gasteiger partial charge is 0.310 e. The molecule has 0 bridgehead atoms. The van der Waals surface area contributed by atoms with E-state index in [-0.39, 0.29) is 5.91 Å². The Balaban J connectivity index is 2.34. The molecule has 0 atom stereocenters. The molecule has 0 heterocycles. The van der Waals surface area contributed by atoms with Crippen molar-refractivity contribution in [3.63, 3.8) is 0 Å². The Bertz CT molecular complexity index is 372. The molecular formula is C16H30N2O3. The topological polar surface area (TPSA) is 78.4 Å². The summed E-state index contributed by atoms with van der Waals surface area (Å²) in [5.41, 5.74) is -1.48. The molecule has 1 aliphatic carbocycles. The van der Waals surface area contributed by atoms with Crippen molar-refractivity contribution in [2.75, 3.05) is 6.54 Å². The van der Waals surface area contributed by atoms with Gasteiger partial charge in [-0.25, -0.2) is 0 Å². The van der Waals surface area contributed by atoms with E-state index >= 15 is 0 Å². The highest BCUT2D eigenvalue weighted by Crippen LogP contribution is 2.30. The maximum Gasteiger partial charge on any atom is 0.310 e. The van der Waals surface area contributed by atoms with E-state index < -0.39 is 16.9 Å². The fourth-order valence-corrected chi connectivity index (χ4v) is 2.52. The molecular weight excluding hydrogens is 268 g/mol. The van der Waals surface area contributed by atoms with Gasteiger partial charge in [-0.1, -0.05) is 19.3 Å². The van der Waals surface area contributed by atoms with Crippen LogP contribution in [0.25, 0.3) is 0 Å². The van der Waals surface area contributed by atoms with Crippen LogP contribution in [0.4, 0.5) is 0 Å². The number of carboxylic acid groups (broad SMARTS) is 1. The molecule has 0 aromatic carbocycles. The summed E-state index contributed by atoms with van der Waals surface area (Å²) >= 11 is 0. The molecule has 0 radical (unpaired) electrons. The lowest BCUT2D eigenvalue weighted by atomic mass is 9.74. The first-order valence-corrected chi connectivity index (χ1v) is 7.94. The zero-order chi connectivity index (χ0) is 16.1. The van der Waals surface area contributed by atoms with Crippen LogP contribution in [0.5, 0.6) is 0 Å². The monoisotopic (exact) mass is 298 g/mol. The normalized spacial score (nSPS) is 17.5. The van der Waals surface area contributed by atoms with Gasteiger partial charge < -0.3 is 15.7 Å². The van der Waals surface area contributed by atoms with Crippen molar-refractivity contribution >= 4 is 11.9 Å². The van der Waals surface area contributed by atoms with E-state index in [0.717, 1.165) is 12.8 Å². The predicted molar refractivity (Wildman–Crippen MR) is 83.1 cm³/mol. The first-order valence-electron chi connectivity index (χ1n) is 7.94. The molecule has 3 N–H and O–H groups in total. The third kappa shape index (κ3) is 4.99. The van der Waals surface area contributed by atoms with Crippen molar-refractivity contribution in [3.05, 3.63) is 0 Å². The van der Waals surface area contributed by atoms with Gasteiger partial charge >= 0.3 is 5.97 Å². The van der Waals surface area contributed by atoms with E-state index in [4.69, 9.17) is 0 Å². The van der Waals surface area contributed by atoms with Crippen molar-refractivity contribution in [1.82, 2.24) is 10.6 Å². The molecule has 0 saturated heterocycles. The molecule has 1 saturated carbocycles. The Morgan fingerprint density at radius 3 is 2.19 bits per heavy atom. The second-order valence-corrected chi connectivity index (χ2v) is 7.13. The van der Waals surface area contributed by atoms with Crippen molar-refractivity contribution < 1.29 is 14.7 Å². The molecule has 0 unspecified atom stereocenters. The molecule has 122 valence electrons. The SMILES string of the molecule is CC(C)(NCCC(=O)NC1CCCCC1)C(C)(C)C(=O)O. The van der Waals surface area contributed by atoms with Gasteiger partial charge in [0, 0.05) is 24.5 Å². The fourth-order valence-electron chi connectivity index (χ4n) is 2.52. The van der Waals surface area contributed by atoms with Crippen LogP contribution >= 0.6 is 0 Å². The van der Waals surface area contributed by atoms with E-state index in [1.807, 2.05) is 13.8 Å². The van der Waals surface area contributed by atoms with Crippen LogP contribution in [0.3, 0.4) is 0 Å². The quantitative estimate of drug-likeness (QED) is 0.674. The average molecular weight is 298 g/mol. The average Bonchev–Trinajstić information content (AvgIpc) is 2.39. The number of carboxylic acids is 1. The zero-order valence-corrected chi connectivity index (χ0v) is 13.8. The first kappa shape index (κ1) is 18.0. The number of carbonyl (C=O) groups is 2. The molecule has 1 fully saturated rings. The van der Waals surface area contributed by atoms with Crippen LogP contribution < -0.4 is 10.6 Å². The van der Waals surface area contributed by atoms with Gasteiger partial charge in [0.15, 0.2) is 0 Å². The summed E-state index contributed by atoms with van der Waals surface area (Å²) in [6, 6.07) is 0.328. The second kappa shape index (κ2) is 7.25. The van der Waals surface area contributed by atoms with Crippen LogP contribution in [0, 0.1) is 5.41 Å². The predicted octanol–water partition coefficient (Wildman–Crippen LogP) is 2.30. The molecule has 0 aromatic heterocycles. The van der Waals surface area contributed by atoms with E-state index in [2.05, 4.69) is 10.6 Å². The minimum absolute atomic E-state index is 0.0540. The highest BCUT2D eigenvalue weighted by atomic mass is 16.4. The number of hydrogen-bond donors (Lipinski definition) is 3. The summed E-state index contributed by atoms with van der Waals surface area (Å²) in [6.07, 6.45) is 6.21. The van der Waals surface area contributed by atoms with Gasteiger partial charge in [0.05, 0.1) is 5.41 Å². The lowest BCUT2D eigenvalue weighted by Crippen LogP contribution is -2.55. The third-order valence-corrected chi connectivity index (χ3v) is 4.99. The van der Waals surface area contributed by atoms with Crippen molar-refractivity contribution in [2.45, 2.75) is 77.8 Å². The summed E-state index contributed by atoms with van der Waals surface area (Å²) in [5, 5.41) is 15.6. The van der Waals surface area contributed by atoms with Gasteiger partial charge in [-0.15, -0.1) is 0 Å². The Morgan fingerprint density at radius 2 is 1.67 bits per heavy atom. The largest absolute Gasteiger partial charge is 0.481 e. The Morgan fingerprint density at radius 1 is 1.10 bits per heavy atom. The third-order valence-electron chi connectivity index (χ3n) is 4.99. The summed E-state index contributed by atoms with van der Waals surface area (Å²) < 4.78 is 0. The Kier molecular flexibility index (Phi) is 6.20. The maximum absolute atomic E-state index is 11.9. The molecule has 1 amide bonds. The van der Waals surface area contributed by atoms with Crippen LogP contribution in [0.1, 0.15) is 66.2 Å². The summed E-state index contributed by atoms with van der Waals surface area (Å²) in [6.45, 7) is 7.61. The zero-order valence-electron chi connectivity index (χ0n) is 13.8. The lowest BCUT2D eigenvalue weighted by Gasteiger charge is -2.39. The molecule has 1 aliphatic rings. The van der Waals surface area contributed by atoms with Gasteiger partial charge in [0.25, 0.3) is 0 Å². The van der Waals surface area contributed by atoms with Crippen LogP contribution in [0.2, 0.25) is 0 Å². The number of aliphatic carboxylic acids is 1. The van der Waals surface area contributed by atoms with Crippen LogP contribution in [-0.2, 0) is 9.59 Å². The molecule has 0 aliphatic heterocycles. The maximum atomic E-state index is 11.9. The van der Waals surface area contributed by atoms with Crippen molar-refractivity contribution in [2.24, 2.45) is 5.41 Å². The van der Waals surface area contributed by atoms with E-state index in [1.54, 1.807) is 13.8 Å². The van der Waals surface area contributed by atoms with Crippen LogP contribution in [-0.4, -0.2) is 35.1 Å². The standard InChI is InChI=1S/C16H30N2O3/c1-15(2,14(20)21)16(3,4)17-11-10-13(19)18-12-8-6-5-7-9-12/h12,17H,5-11H2,1-4H3,(H,18,19)(H,20,21). The highest BCUT2D eigenvalue weighted by Gasteiger charge is 2.42. The number of hydrogen-bond acceptors (Lipinski definition) is 3. The van der Waals surface area contributed by atoms with Gasteiger partial charge in [-0.2, -0.15) is 0 Å².